The summed E-state index contributed by atoms with van der Waals surface area (Å²) in [5.41, 5.74) is 12.8. The SMILES string of the molecule is CN(C)c1ccc(-c2ccc3c(c2)CC(C)(N)C3)cc1. The lowest BCUT2D eigenvalue weighted by atomic mass is 10.00. The molecule has 0 aliphatic heterocycles. The smallest absolute Gasteiger partial charge is 0.0361 e. The molecule has 1 aliphatic carbocycles. The number of hydrogen-bond acceptors (Lipinski definition) is 2. The number of anilines is 1. The van der Waals surface area contributed by atoms with Crippen molar-refractivity contribution < 1.29 is 0 Å². The Morgan fingerprint density at radius 2 is 1.50 bits per heavy atom. The third kappa shape index (κ3) is 2.44. The van der Waals surface area contributed by atoms with Crippen molar-refractivity contribution in [2.45, 2.75) is 25.3 Å². The fourth-order valence-electron chi connectivity index (χ4n) is 3.03. The normalized spacial score (nSPS) is 20.8. The van der Waals surface area contributed by atoms with E-state index < -0.39 is 0 Å². The Balaban J connectivity index is 1.93. The van der Waals surface area contributed by atoms with Crippen LogP contribution in [0.15, 0.2) is 42.5 Å². The van der Waals surface area contributed by atoms with Gasteiger partial charge in [0.1, 0.15) is 0 Å². The lowest BCUT2D eigenvalue weighted by molar-refractivity contribution is 0.499. The van der Waals surface area contributed by atoms with Gasteiger partial charge in [-0.05, 0) is 54.2 Å². The first-order valence-corrected chi connectivity index (χ1v) is 7.13. The highest BCUT2D eigenvalue weighted by molar-refractivity contribution is 5.68. The third-order valence-electron chi connectivity index (χ3n) is 4.11. The third-order valence-corrected chi connectivity index (χ3v) is 4.11. The van der Waals surface area contributed by atoms with Gasteiger partial charge in [-0.3, -0.25) is 0 Å². The van der Waals surface area contributed by atoms with Crippen molar-refractivity contribution >= 4 is 5.69 Å². The Labute approximate surface area is 121 Å². The monoisotopic (exact) mass is 266 g/mol. The Hall–Kier alpha value is -1.80. The van der Waals surface area contributed by atoms with Crippen LogP contribution in [0.1, 0.15) is 18.1 Å². The number of fused-ring (bicyclic) bond motifs is 1. The van der Waals surface area contributed by atoms with Gasteiger partial charge in [-0.2, -0.15) is 0 Å². The highest BCUT2D eigenvalue weighted by atomic mass is 15.1. The van der Waals surface area contributed by atoms with Gasteiger partial charge in [0.2, 0.25) is 0 Å². The summed E-state index contributed by atoms with van der Waals surface area (Å²) in [4.78, 5) is 2.12. The van der Waals surface area contributed by atoms with E-state index in [1.165, 1.54) is 27.9 Å². The van der Waals surface area contributed by atoms with Crippen LogP contribution in [0.4, 0.5) is 5.69 Å². The second-order valence-corrected chi connectivity index (χ2v) is 6.43. The minimum atomic E-state index is -0.0737. The minimum Gasteiger partial charge on any atom is -0.378 e. The average molecular weight is 266 g/mol. The maximum atomic E-state index is 6.26. The van der Waals surface area contributed by atoms with E-state index in [0.717, 1.165) is 12.8 Å². The molecule has 20 heavy (non-hydrogen) atoms. The summed E-state index contributed by atoms with van der Waals surface area (Å²) in [5.74, 6) is 0. The molecule has 0 radical (unpaired) electrons. The Morgan fingerprint density at radius 1 is 0.900 bits per heavy atom. The summed E-state index contributed by atoms with van der Waals surface area (Å²) >= 11 is 0. The second kappa shape index (κ2) is 4.64. The Kier molecular flexibility index (Phi) is 3.06. The molecule has 0 heterocycles. The highest BCUT2D eigenvalue weighted by Gasteiger charge is 2.28. The van der Waals surface area contributed by atoms with Crippen molar-refractivity contribution in [1.29, 1.82) is 0 Å². The molecular weight excluding hydrogens is 244 g/mol. The van der Waals surface area contributed by atoms with E-state index in [1.54, 1.807) is 0 Å². The van der Waals surface area contributed by atoms with E-state index in [2.05, 4.69) is 68.4 Å². The molecule has 3 rings (SSSR count). The van der Waals surface area contributed by atoms with E-state index >= 15 is 0 Å². The molecule has 2 N–H and O–H groups in total. The lowest BCUT2D eigenvalue weighted by Crippen LogP contribution is -2.36. The predicted molar refractivity (Wildman–Crippen MR) is 86.2 cm³/mol. The van der Waals surface area contributed by atoms with E-state index in [4.69, 9.17) is 5.73 Å². The minimum absolute atomic E-state index is 0.0737. The zero-order valence-corrected chi connectivity index (χ0v) is 12.5. The van der Waals surface area contributed by atoms with Gasteiger partial charge >= 0.3 is 0 Å². The predicted octanol–water partition coefficient (Wildman–Crippen LogP) is 3.24. The number of nitrogens with zero attached hydrogens (tertiary/aromatic N) is 1. The van der Waals surface area contributed by atoms with Gasteiger partial charge < -0.3 is 10.6 Å². The summed E-state index contributed by atoms with van der Waals surface area (Å²) in [6.07, 6.45) is 1.97. The van der Waals surface area contributed by atoms with E-state index in [-0.39, 0.29) is 5.54 Å². The van der Waals surface area contributed by atoms with E-state index in [9.17, 15) is 0 Å². The van der Waals surface area contributed by atoms with Gasteiger partial charge in [-0.25, -0.2) is 0 Å². The molecule has 1 atom stereocenters. The zero-order chi connectivity index (χ0) is 14.3. The fraction of sp³-hybridized carbons (Fsp3) is 0.333. The molecule has 0 aromatic heterocycles. The van der Waals surface area contributed by atoms with Crippen LogP contribution in [0.5, 0.6) is 0 Å². The first-order valence-electron chi connectivity index (χ1n) is 7.13. The fourth-order valence-corrected chi connectivity index (χ4v) is 3.03. The molecule has 0 amide bonds. The summed E-state index contributed by atoms with van der Waals surface area (Å²) in [7, 11) is 4.12. The van der Waals surface area contributed by atoms with Gasteiger partial charge in [0, 0.05) is 25.3 Å². The molecule has 0 bridgehead atoms. The second-order valence-electron chi connectivity index (χ2n) is 6.43. The van der Waals surface area contributed by atoms with Crippen molar-refractivity contribution in [2.24, 2.45) is 5.73 Å². The van der Waals surface area contributed by atoms with Crippen LogP contribution in [0.2, 0.25) is 0 Å². The molecule has 1 aliphatic rings. The average Bonchev–Trinajstić information content (AvgIpc) is 2.71. The maximum Gasteiger partial charge on any atom is 0.0361 e. The van der Waals surface area contributed by atoms with Crippen molar-refractivity contribution in [3.63, 3.8) is 0 Å². The van der Waals surface area contributed by atoms with Crippen molar-refractivity contribution in [2.75, 3.05) is 19.0 Å². The molecule has 2 aromatic rings. The lowest BCUT2D eigenvalue weighted by Gasteiger charge is -2.15. The summed E-state index contributed by atoms with van der Waals surface area (Å²) < 4.78 is 0. The quantitative estimate of drug-likeness (QED) is 0.904. The Morgan fingerprint density at radius 3 is 2.15 bits per heavy atom. The largest absolute Gasteiger partial charge is 0.378 e. The zero-order valence-electron chi connectivity index (χ0n) is 12.5. The molecule has 104 valence electrons. The number of nitrogens with two attached hydrogens (primary N) is 1. The molecule has 2 nitrogen and oxygen atoms in total. The van der Waals surface area contributed by atoms with E-state index in [0.29, 0.717) is 0 Å². The van der Waals surface area contributed by atoms with Gasteiger partial charge in [0.05, 0.1) is 0 Å². The molecule has 2 aromatic carbocycles. The molecule has 2 heteroatoms. The van der Waals surface area contributed by atoms with Crippen molar-refractivity contribution in [1.82, 2.24) is 0 Å². The first-order chi connectivity index (χ1) is 9.44. The van der Waals surface area contributed by atoms with Crippen LogP contribution in [-0.2, 0) is 12.8 Å². The van der Waals surface area contributed by atoms with Crippen molar-refractivity contribution in [3.8, 4) is 11.1 Å². The maximum absolute atomic E-state index is 6.26. The van der Waals surface area contributed by atoms with Crippen LogP contribution in [0.25, 0.3) is 11.1 Å². The number of rotatable bonds is 2. The van der Waals surface area contributed by atoms with Gasteiger partial charge in [0.15, 0.2) is 0 Å². The van der Waals surface area contributed by atoms with Crippen LogP contribution in [0, 0.1) is 0 Å². The molecule has 0 saturated carbocycles. The van der Waals surface area contributed by atoms with Gasteiger partial charge in [0.25, 0.3) is 0 Å². The molecule has 0 spiro atoms. The molecule has 1 unspecified atom stereocenters. The van der Waals surface area contributed by atoms with Gasteiger partial charge in [-0.15, -0.1) is 0 Å². The van der Waals surface area contributed by atoms with Gasteiger partial charge in [-0.1, -0.05) is 30.3 Å². The molecule has 0 fully saturated rings. The van der Waals surface area contributed by atoms with Crippen LogP contribution in [-0.4, -0.2) is 19.6 Å². The molecule has 0 saturated heterocycles. The van der Waals surface area contributed by atoms with Crippen LogP contribution >= 0.6 is 0 Å². The molecular formula is C18H22N2. The summed E-state index contributed by atoms with van der Waals surface area (Å²) in [5, 5.41) is 0. The van der Waals surface area contributed by atoms with Crippen molar-refractivity contribution in [3.05, 3.63) is 53.6 Å². The standard InChI is InChI=1S/C18H22N2/c1-18(19)11-15-5-4-14(10-16(15)12-18)13-6-8-17(9-7-13)20(2)3/h4-10H,11-12,19H2,1-3H3. The summed E-state index contributed by atoms with van der Waals surface area (Å²) in [6, 6.07) is 15.5. The first kappa shape index (κ1) is 13.2. The highest BCUT2D eigenvalue weighted by Crippen LogP contribution is 2.32. The van der Waals surface area contributed by atoms with Crippen LogP contribution < -0.4 is 10.6 Å². The summed E-state index contributed by atoms with van der Waals surface area (Å²) in [6.45, 7) is 2.14. The van der Waals surface area contributed by atoms with Crippen LogP contribution in [0.3, 0.4) is 0 Å². The topological polar surface area (TPSA) is 29.3 Å². The number of hydrogen-bond donors (Lipinski definition) is 1. The Bertz CT molecular complexity index is 624. The number of benzene rings is 2. The van der Waals surface area contributed by atoms with E-state index in [1.807, 2.05) is 0 Å².